The molecule has 8 nitrogen and oxygen atoms in total. The molecule has 6 aromatic rings. The minimum Gasteiger partial charge on any atom is -0.355 e. The van der Waals surface area contributed by atoms with Crippen LogP contribution < -0.4 is 0 Å². The van der Waals surface area contributed by atoms with E-state index in [4.69, 9.17) is 19.9 Å². The van der Waals surface area contributed by atoms with Gasteiger partial charge in [0.2, 0.25) is 0 Å². The minimum absolute atomic E-state index is 0.795. The van der Waals surface area contributed by atoms with Gasteiger partial charge in [-0.2, -0.15) is 0 Å². The molecule has 0 spiro atoms. The minimum atomic E-state index is 0.795. The third-order valence-corrected chi connectivity index (χ3v) is 18.6. The summed E-state index contributed by atoms with van der Waals surface area (Å²) in [7, 11) is 0. The van der Waals surface area contributed by atoms with Crippen LogP contribution >= 0.6 is 0 Å². The van der Waals surface area contributed by atoms with Crippen molar-refractivity contribution < 1.29 is 0 Å². The van der Waals surface area contributed by atoms with Gasteiger partial charge in [-0.3, -0.25) is 0 Å². The van der Waals surface area contributed by atoms with Gasteiger partial charge in [0.25, 0.3) is 0 Å². The molecule has 0 fully saturated rings. The van der Waals surface area contributed by atoms with Gasteiger partial charge in [-0.05, 0) is 231 Å². The molecule has 0 unspecified atom stereocenters. The molecule has 82 heavy (non-hydrogen) atoms. The lowest BCUT2D eigenvalue weighted by Crippen LogP contribution is -2.00. The number of nitrogens with one attached hydrogen (secondary N) is 2. The second-order valence-corrected chi connectivity index (χ2v) is 22.4. The number of aryl methyl sites for hydroxylation is 12. The molecule has 6 aromatic heterocycles. The maximum absolute atomic E-state index is 6.12. The molecule has 0 atom stereocenters. The van der Waals surface area contributed by atoms with E-state index >= 15 is 0 Å². The van der Waals surface area contributed by atoms with Crippen molar-refractivity contribution in [1.82, 2.24) is 39.0 Å². The number of allylic oxidation sites excluding steroid dienone is 4. The maximum atomic E-state index is 6.12. The van der Waals surface area contributed by atoms with Gasteiger partial charge < -0.3 is 19.1 Å². The molecule has 2 N–H and O–H groups in total. The Balaban J connectivity index is 1.50. The summed E-state index contributed by atoms with van der Waals surface area (Å²) in [5, 5.41) is 0. The normalized spacial score (nSPS) is 13.4. The van der Waals surface area contributed by atoms with Gasteiger partial charge >= 0.3 is 0 Å². The first kappa shape index (κ1) is 58.1. The van der Waals surface area contributed by atoms with E-state index in [2.05, 4.69) is 191 Å². The summed E-state index contributed by atoms with van der Waals surface area (Å²) < 4.78 is 5.22. The van der Waals surface area contributed by atoms with Crippen LogP contribution in [-0.2, 0) is 77.3 Å². The Kier molecular flexibility index (Phi) is 17.3. The monoisotopic (exact) mass is 1090 g/mol. The molecule has 10 heterocycles. The van der Waals surface area contributed by atoms with E-state index in [0.29, 0.717) is 0 Å². The fraction of sp³-hybridized carbons (Fsp3) is 0.432. The first-order valence-corrected chi connectivity index (χ1v) is 32.1. The van der Waals surface area contributed by atoms with Gasteiger partial charge in [-0.15, -0.1) is 0 Å². The molecule has 0 saturated heterocycles. The molecule has 0 amide bonds. The predicted octanol–water partition coefficient (Wildman–Crippen LogP) is 19.5. The molecule has 8 heteroatoms. The highest BCUT2D eigenvalue weighted by Crippen LogP contribution is 2.45. The lowest BCUT2D eigenvalue weighted by Gasteiger charge is -2.13. The Morgan fingerprint density at radius 3 is 0.915 bits per heavy atom. The number of hydrogen-bond acceptors (Lipinski definition) is 4. The van der Waals surface area contributed by atoms with E-state index < -0.39 is 0 Å². The van der Waals surface area contributed by atoms with Crippen LogP contribution in [0.2, 0.25) is 0 Å². The van der Waals surface area contributed by atoms with Crippen LogP contribution in [-0.4, -0.2) is 39.0 Å². The Hall–Kier alpha value is -7.06. The number of nitrogens with zero attached hydrogens (tertiary/aromatic N) is 6. The van der Waals surface area contributed by atoms with E-state index in [0.717, 1.165) is 160 Å². The maximum Gasteiger partial charge on any atom is 0.0765 e. The highest BCUT2D eigenvalue weighted by Gasteiger charge is 2.30. The Bertz CT molecular complexity index is 3790. The molecule has 16 bridgehead atoms. The molecule has 0 aliphatic carbocycles. The highest BCUT2D eigenvalue weighted by atomic mass is 15.0. The van der Waals surface area contributed by atoms with Crippen LogP contribution in [0.5, 0.6) is 0 Å². The Labute approximate surface area is 489 Å². The van der Waals surface area contributed by atoms with Crippen molar-refractivity contribution in [1.29, 1.82) is 0 Å². The quantitative estimate of drug-likeness (QED) is 0.0895. The molecule has 0 saturated carbocycles. The van der Waals surface area contributed by atoms with Crippen molar-refractivity contribution in [3.63, 3.8) is 0 Å². The van der Waals surface area contributed by atoms with Crippen molar-refractivity contribution in [2.45, 2.75) is 214 Å². The first-order valence-electron chi connectivity index (χ1n) is 32.1. The van der Waals surface area contributed by atoms with Gasteiger partial charge in [0.15, 0.2) is 0 Å². The average molecular weight is 1090 g/mol. The number of fused-ring (bicyclic) bond motifs is 16. The second-order valence-electron chi connectivity index (χ2n) is 22.4. The van der Waals surface area contributed by atoms with E-state index in [9.17, 15) is 0 Å². The highest BCUT2D eigenvalue weighted by molar-refractivity contribution is 6.03. The summed E-state index contributed by atoms with van der Waals surface area (Å²) in [4.78, 5) is 31.0. The summed E-state index contributed by atoms with van der Waals surface area (Å²) in [5.74, 6) is 0. The summed E-state index contributed by atoms with van der Waals surface area (Å²) in [5.41, 5.74) is 39.6. The topological polar surface area (TPSA) is 93.0 Å². The lowest BCUT2D eigenvalue weighted by atomic mass is 9.92. The smallest absolute Gasteiger partial charge is 0.0765 e. The molecular formula is C74H92N8. The van der Waals surface area contributed by atoms with Gasteiger partial charge in [-0.1, -0.05) is 96.9 Å². The third kappa shape index (κ3) is 9.44. The second kappa shape index (κ2) is 24.4. The largest absolute Gasteiger partial charge is 0.355 e. The number of aromatic nitrogens is 8. The van der Waals surface area contributed by atoms with Crippen LogP contribution in [0, 0.1) is 0 Å². The SMILES string of the molecule is CCC1=C(CC)c2nc1c(CC)c1[nH]c(cc3nc(cc4c(CC)c(CC)c(c2/C=C/c2c5nc(c(CC)c6[nH]c(cc7nc(cc8c(CC)c(CC)c2n8CC)C=C7)c(CC)c6CC)C(CC)=C5CC)n4CC)C=C3)c(CC)c1CC. The van der Waals surface area contributed by atoms with Gasteiger partial charge in [0, 0.05) is 68.4 Å². The van der Waals surface area contributed by atoms with Gasteiger partial charge in [-0.25, -0.2) is 19.9 Å². The molecule has 0 aromatic carbocycles. The lowest BCUT2D eigenvalue weighted by molar-refractivity contribution is 0.820. The Morgan fingerprint density at radius 2 is 0.622 bits per heavy atom. The van der Waals surface area contributed by atoms with Crippen molar-refractivity contribution in [3.05, 3.63) is 137 Å². The van der Waals surface area contributed by atoms with E-state index in [1.54, 1.807) is 0 Å². The molecule has 4 aliphatic rings. The molecule has 428 valence electrons. The summed E-state index contributed by atoms with van der Waals surface area (Å²) in [6, 6.07) is 9.28. The van der Waals surface area contributed by atoms with Gasteiger partial charge in [0.1, 0.15) is 0 Å². The number of rotatable bonds is 18. The van der Waals surface area contributed by atoms with Crippen LogP contribution in [0.15, 0.2) is 24.3 Å². The number of H-pyrrole nitrogens is 2. The van der Waals surface area contributed by atoms with E-state index in [1.807, 2.05) is 0 Å². The molecular weight excluding hydrogens is 1000 g/mol. The fourth-order valence-electron chi connectivity index (χ4n) is 15.0. The first-order chi connectivity index (χ1) is 40.0. The van der Waals surface area contributed by atoms with E-state index in [1.165, 1.54) is 122 Å². The van der Waals surface area contributed by atoms with Crippen LogP contribution in [0.4, 0.5) is 0 Å². The van der Waals surface area contributed by atoms with Crippen molar-refractivity contribution in [2.24, 2.45) is 0 Å². The van der Waals surface area contributed by atoms with Crippen LogP contribution in [0.3, 0.4) is 0 Å². The van der Waals surface area contributed by atoms with Crippen LogP contribution in [0.1, 0.15) is 249 Å². The fourth-order valence-corrected chi connectivity index (χ4v) is 15.0. The standard InChI is InChI=1S/C74H92N8/c1-17-47-51(21-5)67-59(29-13)69-53(23-7)55(25-9)71(79-69)61(73-57(27-11)49(19-3)65(81(73)31-15)41-45-35-33-43(75-45)39-63(47)77-67)37-38-62-72-56(26-10)54(24-8)70(80-72)60(30-14)68-52(22-6)48(18-2)64(78-68)40-44-34-36-46(76-44)42-66-50(20-4)58(28-12)74(62)82(66)32-16/h33-42,77-78H,17-32H2,1-16H3/b38-37+,43-39?,44-40?,45-41?,46-42?,63-39?,64-40?,65-41?,66-42?,67-59?,68-60?,69-59?,70-60?,71-61?,72-62?,73-61?,74-62?. The molecule has 0 radical (unpaired) electrons. The average Bonchev–Trinajstić information content (AvgIpc) is 4.58. The summed E-state index contributed by atoms with van der Waals surface area (Å²) >= 11 is 0. The summed E-state index contributed by atoms with van der Waals surface area (Å²) in [6.45, 7) is 38.9. The molecule has 4 aliphatic heterocycles. The predicted molar refractivity (Wildman–Crippen MR) is 356 cm³/mol. The van der Waals surface area contributed by atoms with Gasteiger partial charge in [0.05, 0.1) is 56.6 Å². The van der Waals surface area contributed by atoms with Crippen molar-refractivity contribution in [2.75, 3.05) is 0 Å². The zero-order valence-electron chi connectivity index (χ0n) is 52.8. The Morgan fingerprint density at radius 1 is 0.317 bits per heavy atom. The molecule has 10 rings (SSSR count). The van der Waals surface area contributed by atoms with E-state index in [-0.39, 0.29) is 0 Å². The van der Waals surface area contributed by atoms with Crippen molar-refractivity contribution in [3.8, 4) is 0 Å². The van der Waals surface area contributed by atoms with Crippen molar-refractivity contribution >= 4 is 103 Å². The zero-order valence-corrected chi connectivity index (χ0v) is 52.8. The van der Waals surface area contributed by atoms with Crippen LogP contribution in [0.25, 0.3) is 103 Å². The number of hydrogen-bond donors (Lipinski definition) is 2. The zero-order chi connectivity index (χ0) is 58.3. The number of aromatic amines is 2. The third-order valence-electron chi connectivity index (χ3n) is 18.6. The summed E-state index contributed by atoms with van der Waals surface area (Å²) in [6.07, 6.45) is 26.4.